The van der Waals surface area contributed by atoms with Crippen molar-refractivity contribution in [1.82, 2.24) is 0 Å². The summed E-state index contributed by atoms with van der Waals surface area (Å²) in [7, 11) is -2.71. The molecule has 1 fully saturated rings. The SMILES string of the molecule is CO[C@H]1O[C@H](CO[Si](C)(C)C(C)(C)C)[C@@H](O)[C@H](O[Si](C)(C)C(C)(C)C)[C@@H]1O. The van der Waals surface area contributed by atoms with E-state index in [0.29, 0.717) is 0 Å². The predicted octanol–water partition coefficient (Wildman–Crippen LogP) is 3.49. The second-order valence-electron chi connectivity index (χ2n) is 10.7. The van der Waals surface area contributed by atoms with E-state index in [4.69, 9.17) is 18.3 Å². The highest BCUT2D eigenvalue weighted by Gasteiger charge is 2.50. The Morgan fingerprint density at radius 2 is 1.33 bits per heavy atom. The van der Waals surface area contributed by atoms with E-state index in [0.717, 1.165) is 0 Å². The Bertz CT molecular complexity index is 484. The van der Waals surface area contributed by atoms with E-state index >= 15 is 0 Å². The number of hydrogen-bond donors (Lipinski definition) is 2. The van der Waals surface area contributed by atoms with Gasteiger partial charge in [0.15, 0.2) is 22.9 Å². The van der Waals surface area contributed by atoms with Crippen LogP contribution in [-0.2, 0) is 18.3 Å². The van der Waals surface area contributed by atoms with Crippen molar-refractivity contribution in [2.45, 2.75) is 109 Å². The molecule has 5 atom stereocenters. The van der Waals surface area contributed by atoms with Gasteiger partial charge in [-0.3, -0.25) is 0 Å². The molecular formula is C19H42O6Si2. The number of aliphatic hydroxyl groups is 2. The van der Waals surface area contributed by atoms with Crippen molar-refractivity contribution in [3.63, 3.8) is 0 Å². The fourth-order valence-corrected chi connectivity index (χ4v) is 4.72. The molecule has 1 heterocycles. The van der Waals surface area contributed by atoms with Gasteiger partial charge in [-0.05, 0) is 36.3 Å². The molecule has 1 saturated heterocycles. The van der Waals surface area contributed by atoms with E-state index in [-0.39, 0.29) is 16.7 Å². The molecule has 0 aromatic carbocycles. The zero-order valence-electron chi connectivity index (χ0n) is 19.1. The monoisotopic (exact) mass is 422 g/mol. The van der Waals surface area contributed by atoms with Gasteiger partial charge in [0.25, 0.3) is 0 Å². The Kier molecular flexibility index (Phi) is 7.95. The Balaban J connectivity index is 2.99. The molecule has 1 aliphatic rings. The average Bonchev–Trinajstić information content (AvgIpc) is 2.48. The lowest BCUT2D eigenvalue weighted by Gasteiger charge is -2.48. The largest absolute Gasteiger partial charge is 0.414 e. The van der Waals surface area contributed by atoms with E-state index in [2.05, 4.69) is 67.7 Å². The van der Waals surface area contributed by atoms with Gasteiger partial charge in [-0.2, -0.15) is 0 Å². The average molecular weight is 423 g/mol. The lowest BCUT2D eigenvalue weighted by atomic mass is 9.99. The first kappa shape index (κ1) is 25.2. The van der Waals surface area contributed by atoms with Crippen LogP contribution >= 0.6 is 0 Å². The quantitative estimate of drug-likeness (QED) is 0.638. The summed E-state index contributed by atoms with van der Waals surface area (Å²) in [5, 5.41) is 21.6. The standard InChI is InChI=1S/C19H42O6Si2/c1-18(2,3)26(8,9)23-12-13-14(20)16(15(21)17(22-7)24-13)25-27(10,11)19(4,5)6/h13-17,20-21H,12H2,1-11H3/t13-,14-,15+,16+,17+/m1/s1. The summed E-state index contributed by atoms with van der Waals surface area (Å²) in [5.74, 6) is 0. The van der Waals surface area contributed by atoms with Crippen LogP contribution in [0.3, 0.4) is 0 Å². The minimum absolute atomic E-state index is 0.0412. The molecule has 1 aliphatic heterocycles. The van der Waals surface area contributed by atoms with Gasteiger partial charge in [0.05, 0.1) is 6.61 Å². The third kappa shape index (κ3) is 5.85. The molecule has 0 amide bonds. The van der Waals surface area contributed by atoms with Crippen molar-refractivity contribution in [1.29, 1.82) is 0 Å². The summed E-state index contributed by atoms with van der Waals surface area (Å²) in [6, 6.07) is 0. The second-order valence-corrected chi connectivity index (χ2v) is 20.2. The first-order valence-corrected chi connectivity index (χ1v) is 15.6. The molecule has 1 rings (SSSR count). The first-order chi connectivity index (χ1) is 11.9. The van der Waals surface area contributed by atoms with Gasteiger partial charge in [0, 0.05) is 7.11 Å². The van der Waals surface area contributed by atoms with Crippen molar-refractivity contribution < 1.29 is 28.5 Å². The Morgan fingerprint density at radius 3 is 1.74 bits per heavy atom. The lowest BCUT2D eigenvalue weighted by Crippen LogP contribution is -2.63. The summed E-state index contributed by atoms with van der Waals surface area (Å²) in [4.78, 5) is 0. The van der Waals surface area contributed by atoms with Gasteiger partial charge in [0.1, 0.15) is 24.4 Å². The van der Waals surface area contributed by atoms with Crippen LogP contribution in [0, 0.1) is 0 Å². The van der Waals surface area contributed by atoms with Crippen molar-refractivity contribution in [3.05, 3.63) is 0 Å². The number of aliphatic hydroxyl groups excluding tert-OH is 2. The van der Waals surface area contributed by atoms with Crippen LogP contribution in [0.2, 0.25) is 36.3 Å². The van der Waals surface area contributed by atoms with Crippen LogP contribution in [0.4, 0.5) is 0 Å². The van der Waals surface area contributed by atoms with Gasteiger partial charge >= 0.3 is 0 Å². The second kappa shape index (κ2) is 8.51. The van der Waals surface area contributed by atoms with Crippen molar-refractivity contribution in [2.24, 2.45) is 0 Å². The topological polar surface area (TPSA) is 77.4 Å². The molecular weight excluding hydrogens is 380 g/mol. The van der Waals surface area contributed by atoms with Gasteiger partial charge in [0.2, 0.25) is 0 Å². The summed E-state index contributed by atoms with van der Waals surface area (Å²) in [6.07, 6.45) is -4.26. The fourth-order valence-electron chi connectivity index (χ4n) is 2.40. The lowest BCUT2D eigenvalue weighted by molar-refractivity contribution is -0.290. The van der Waals surface area contributed by atoms with E-state index in [9.17, 15) is 10.2 Å². The molecule has 27 heavy (non-hydrogen) atoms. The summed E-state index contributed by atoms with van der Waals surface area (Å²) in [6.45, 7) is 21.7. The van der Waals surface area contributed by atoms with Gasteiger partial charge in [-0.25, -0.2) is 0 Å². The highest BCUT2D eigenvalue weighted by Crippen LogP contribution is 2.40. The summed E-state index contributed by atoms with van der Waals surface area (Å²) < 4.78 is 23.7. The smallest absolute Gasteiger partial charge is 0.192 e. The summed E-state index contributed by atoms with van der Waals surface area (Å²) >= 11 is 0. The molecule has 8 heteroatoms. The maximum atomic E-state index is 10.9. The zero-order chi connectivity index (χ0) is 21.4. The molecule has 0 aromatic heterocycles. The minimum Gasteiger partial charge on any atom is -0.414 e. The van der Waals surface area contributed by atoms with Gasteiger partial charge in [-0.1, -0.05) is 41.5 Å². The molecule has 0 radical (unpaired) electrons. The van der Waals surface area contributed by atoms with E-state index < -0.39 is 47.3 Å². The van der Waals surface area contributed by atoms with Crippen LogP contribution in [0.5, 0.6) is 0 Å². The minimum atomic E-state index is -2.20. The maximum absolute atomic E-state index is 10.9. The third-order valence-corrected chi connectivity index (χ3v) is 15.5. The van der Waals surface area contributed by atoms with E-state index in [1.54, 1.807) is 0 Å². The molecule has 2 N–H and O–H groups in total. The molecule has 0 aliphatic carbocycles. The van der Waals surface area contributed by atoms with E-state index in [1.807, 2.05) is 0 Å². The molecule has 0 spiro atoms. The molecule has 0 aromatic rings. The van der Waals surface area contributed by atoms with Crippen molar-refractivity contribution in [3.8, 4) is 0 Å². The Labute approximate surface area is 167 Å². The Hall–Kier alpha value is 0.194. The third-order valence-electron chi connectivity index (χ3n) is 6.53. The van der Waals surface area contributed by atoms with E-state index in [1.165, 1.54) is 7.11 Å². The van der Waals surface area contributed by atoms with Crippen LogP contribution in [0.1, 0.15) is 41.5 Å². The Morgan fingerprint density at radius 1 is 0.852 bits per heavy atom. The molecule has 162 valence electrons. The molecule has 0 unspecified atom stereocenters. The highest BCUT2D eigenvalue weighted by atomic mass is 28.4. The molecule has 0 saturated carbocycles. The predicted molar refractivity (Wildman–Crippen MR) is 113 cm³/mol. The number of ether oxygens (including phenoxy) is 2. The van der Waals surface area contributed by atoms with Gasteiger partial charge < -0.3 is 28.5 Å². The highest BCUT2D eigenvalue weighted by molar-refractivity contribution is 6.74. The van der Waals surface area contributed by atoms with Crippen LogP contribution < -0.4 is 0 Å². The number of rotatable bonds is 6. The van der Waals surface area contributed by atoms with Crippen LogP contribution in [0.25, 0.3) is 0 Å². The molecule has 6 nitrogen and oxygen atoms in total. The number of hydrogen-bond acceptors (Lipinski definition) is 6. The normalized spacial score (nSPS) is 31.2. The zero-order valence-corrected chi connectivity index (χ0v) is 21.1. The molecule has 0 bridgehead atoms. The van der Waals surface area contributed by atoms with Crippen molar-refractivity contribution in [2.75, 3.05) is 13.7 Å². The van der Waals surface area contributed by atoms with Crippen LogP contribution in [0.15, 0.2) is 0 Å². The maximum Gasteiger partial charge on any atom is 0.192 e. The van der Waals surface area contributed by atoms with Crippen molar-refractivity contribution >= 4 is 16.6 Å². The summed E-state index contributed by atoms with van der Waals surface area (Å²) in [5.41, 5.74) is 0. The first-order valence-electron chi connectivity index (χ1n) is 9.81. The number of methoxy groups -OCH3 is 1. The fraction of sp³-hybridized carbons (Fsp3) is 1.00. The van der Waals surface area contributed by atoms with Gasteiger partial charge in [-0.15, -0.1) is 0 Å². The van der Waals surface area contributed by atoms with Crippen LogP contribution in [-0.4, -0.2) is 71.3 Å².